The van der Waals surface area contributed by atoms with Gasteiger partial charge in [0.1, 0.15) is 5.82 Å². The van der Waals surface area contributed by atoms with Crippen molar-refractivity contribution in [3.63, 3.8) is 0 Å². The summed E-state index contributed by atoms with van der Waals surface area (Å²) >= 11 is 0. The molecule has 94 valence electrons. The van der Waals surface area contributed by atoms with Gasteiger partial charge in [0.05, 0.1) is 0 Å². The van der Waals surface area contributed by atoms with E-state index >= 15 is 0 Å². The molecule has 1 saturated carbocycles. The molecule has 0 radical (unpaired) electrons. The van der Waals surface area contributed by atoms with Crippen LogP contribution < -0.4 is 5.73 Å². The molecule has 0 aromatic heterocycles. The summed E-state index contributed by atoms with van der Waals surface area (Å²) in [5.41, 5.74) is 7.87. The Hall–Kier alpha value is -0.890. The highest BCUT2D eigenvalue weighted by Crippen LogP contribution is 2.40. The van der Waals surface area contributed by atoms with Crippen LogP contribution in [0.5, 0.6) is 0 Å². The van der Waals surface area contributed by atoms with E-state index in [1.807, 2.05) is 19.9 Å². The Morgan fingerprint density at radius 3 is 2.41 bits per heavy atom. The smallest absolute Gasteiger partial charge is 0.126 e. The van der Waals surface area contributed by atoms with Crippen LogP contribution in [0.25, 0.3) is 0 Å². The Morgan fingerprint density at radius 2 is 1.94 bits per heavy atom. The van der Waals surface area contributed by atoms with Gasteiger partial charge in [0.15, 0.2) is 0 Å². The number of hydrogen-bond donors (Lipinski definition) is 1. The lowest BCUT2D eigenvalue weighted by Gasteiger charge is -2.28. The van der Waals surface area contributed by atoms with Crippen molar-refractivity contribution in [2.75, 3.05) is 6.54 Å². The predicted octanol–water partition coefficient (Wildman–Crippen LogP) is 3.72. The average Bonchev–Trinajstić information content (AvgIpc) is 2.78. The Labute approximate surface area is 103 Å². The molecule has 0 saturated heterocycles. The molecule has 0 amide bonds. The van der Waals surface area contributed by atoms with Crippen molar-refractivity contribution in [1.29, 1.82) is 0 Å². The van der Waals surface area contributed by atoms with Crippen molar-refractivity contribution in [2.24, 2.45) is 5.73 Å². The first kappa shape index (κ1) is 12.6. The molecule has 1 aromatic rings. The van der Waals surface area contributed by atoms with Gasteiger partial charge in [0, 0.05) is 12.0 Å². The first-order chi connectivity index (χ1) is 8.09. The van der Waals surface area contributed by atoms with E-state index in [0.717, 1.165) is 24.0 Å². The van der Waals surface area contributed by atoms with E-state index in [0.29, 0.717) is 6.54 Å². The molecule has 1 aromatic carbocycles. The molecule has 1 fully saturated rings. The second-order valence-electron chi connectivity index (χ2n) is 5.58. The number of rotatable bonds is 3. The normalized spacial score (nSPS) is 18.9. The summed E-state index contributed by atoms with van der Waals surface area (Å²) in [5.74, 6) is 0.165. The van der Waals surface area contributed by atoms with Crippen molar-refractivity contribution in [3.05, 3.63) is 35.1 Å². The Balaban J connectivity index is 2.36. The van der Waals surface area contributed by atoms with E-state index in [2.05, 4.69) is 6.07 Å². The molecule has 0 spiro atoms. The van der Waals surface area contributed by atoms with Crippen LogP contribution in [0, 0.1) is 5.82 Å². The zero-order valence-electron chi connectivity index (χ0n) is 10.8. The highest BCUT2D eigenvalue weighted by Gasteiger charge is 2.34. The van der Waals surface area contributed by atoms with Crippen molar-refractivity contribution >= 4 is 0 Å². The largest absolute Gasteiger partial charge is 0.330 e. The van der Waals surface area contributed by atoms with Gasteiger partial charge in [-0.05, 0) is 36.0 Å². The Kier molecular flexibility index (Phi) is 3.53. The quantitative estimate of drug-likeness (QED) is 0.849. The molecule has 2 rings (SSSR count). The number of hydrogen-bond acceptors (Lipinski definition) is 1. The highest BCUT2D eigenvalue weighted by atomic mass is 19.1. The molecule has 1 nitrogen and oxygen atoms in total. The van der Waals surface area contributed by atoms with Gasteiger partial charge in [-0.3, -0.25) is 0 Å². The minimum atomic E-state index is -0.0720. The highest BCUT2D eigenvalue weighted by molar-refractivity contribution is 5.33. The minimum absolute atomic E-state index is 0.0380. The maximum absolute atomic E-state index is 14.0. The zero-order valence-corrected chi connectivity index (χ0v) is 10.8. The van der Waals surface area contributed by atoms with Gasteiger partial charge < -0.3 is 5.73 Å². The molecule has 0 bridgehead atoms. The minimum Gasteiger partial charge on any atom is -0.330 e. The molecule has 0 atom stereocenters. The lowest BCUT2D eigenvalue weighted by molar-refractivity contribution is 0.448. The maximum atomic E-state index is 14.0. The van der Waals surface area contributed by atoms with E-state index in [4.69, 9.17) is 5.73 Å². The van der Waals surface area contributed by atoms with E-state index in [1.54, 1.807) is 6.07 Å². The van der Waals surface area contributed by atoms with Crippen molar-refractivity contribution in [2.45, 2.75) is 50.9 Å². The monoisotopic (exact) mass is 235 g/mol. The van der Waals surface area contributed by atoms with Crippen molar-refractivity contribution in [3.8, 4) is 0 Å². The first-order valence-electron chi connectivity index (χ1n) is 6.59. The van der Waals surface area contributed by atoms with Gasteiger partial charge in [-0.15, -0.1) is 0 Å². The van der Waals surface area contributed by atoms with E-state index in [1.165, 1.54) is 12.8 Å². The third-order valence-electron chi connectivity index (χ3n) is 4.19. The van der Waals surface area contributed by atoms with Crippen LogP contribution >= 0.6 is 0 Å². The number of benzene rings is 1. The van der Waals surface area contributed by atoms with Crippen molar-refractivity contribution < 1.29 is 4.39 Å². The number of nitrogens with two attached hydrogens (primary N) is 1. The topological polar surface area (TPSA) is 26.0 Å². The summed E-state index contributed by atoms with van der Waals surface area (Å²) in [6, 6.07) is 5.73. The third kappa shape index (κ3) is 2.23. The second kappa shape index (κ2) is 4.77. The van der Waals surface area contributed by atoms with Crippen molar-refractivity contribution in [1.82, 2.24) is 0 Å². The van der Waals surface area contributed by atoms with Crippen LogP contribution in [0.3, 0.4) is 0 Å². The molecule has 17 heavy (non-hydrogen) atoms. The molecular formula is C15H22FN. The second-order valence-corrected chi connectivity index (χ2v) is 5.58. The molecule has 0 heterocycles. The zero-order chi connectivity index (χ0) is 12.5. The first-order valence-corrected chi connectivity index (χ1v) is 6.59. The summed E-state index contributed by atoms with van der Waals surface area (Å²) in [5, 5.41) is 0. The third-order valence-corrected chi connectivity index (χ3v) is 4.19. The molecule has 2 N–H and O–H groups in total. The fourth-order valence-electron chi connectivity index (χ4n) is 2.99. The van der Waals surface area contributed by atoms with Crippen LogP contribution in [-0.4, -0.2) is 6.54 Å². The van der Waals surface area contributed by atoms with Crippen LogP contribution in [-0.2, 0) is 5.41 Å². The fourth-order valence-corrected chi connectivity index (χ4v) is 2.99. The van der Waals surface area contributed by atoms with Gasteiger partial charge >= 0.3 is 0 Å². The van der Waals surface area contributed by atoms with Gasteiger partial charge in [0.2, 0.25) is 0 Å². The maximum Gasteiger partial charge on any atom is 0.126 e. The summed E-state index contributed by atoms with van der Waals surface area (Å²) in [6.45, 7) is 4.67. The molecule has 0 aliphatic heterocycles. The van der Waals surface area contributed by atoms with E-state index in [-0.39, 0.29) is 17.2 Å². The van der Waals surface area contributed by atoms with Gasteiger partial charge in [0.25, 0.3) is 0 Å². The van der Waals surface area contributed by atoms with Gasteiger partial charge in [-0.2, -0.15) is 0 Å². The van der Waals surface area contributed by atoms with Gasteiger partial charge in [-0.25, -0.2) is 4.39 Å². The average molecular weight is 235 g/mol. The lowest BCUT2D eigenvalue weighted by Crippen LogP contribution is -2.32. The SMILES string of the molecule is CC(C)c1ccc(C2(CN)CCCC2)cc1F. The standard InChI is InChI=1S/C15H22FN/c1-11(2)13-6-5-12(9-14(13)16)15(10-17)7-3-4-8-15/h5-6,9,11H,3-4,7-8,10,17H2,1-2H3. The summed E-state index contributed by atoms with van der Waals surface area (Å²) < 4.78 is 14.0. The number of halogens is 1. The van der Waals surface area contributed by atoms with Crippen LogP contribution in [0.2, 0.25) is 0 Å². The van der Waals surface area contributed by atoms with Gasteiger partial charge in [-0.1, -0.05) is 38.8 Å². The summed E-state index contributed by atoms with van der Waals surface area (Å²) in [7, 11) is 0. The fraction of sp³-hybridized carbons (Fsp3) is 0.600. The summed E-state index contributed by atoms with van der Waals surface area (Å²) in [6.07, 6.45) is 4.63. The molecule has 1 aliphatic carbocycles. The Bertz CT molecular complexity index is 392. The Morgan fingerprint density at radius 1 is 1.29 bits per heavy atom. The van der Waals surface area contributed by atoms with Crippen LogP contribution in [0.4, 0.5) is 4.39 Å². The van der Waals surface area contributed by atoms with Crippen LogP contribution in [0.1, 0.15) is 56.6 Å². The molecule has 2 heteroatoms. The molecule has 1 aliphatic rings. The van der Waals surface area contributed by atoms with E-state index in [9.17, 15) is 4.39 Å². The predicted molar refractivity (Wildman–Crippen MR) is 69.7 cm³/mol. The van der Waals surface area contributed by atoms with Crippen LogP contribution in [0.15, 0.2) is 18.2 Å². The molecule has 0 unspecified atom stereocenters. The molecular weight excluding hydrogens is 213 g/mol. The summed E-state index contributed by atoms with van der Waals surface area (Å²) in [4.78, 5) is 0. The van der Waals surface area contributed by atoms with E-state index < -0.39 is 0 Å². The lowest BCUT2D eigenvalue weighted by atomic mass is 9.78.